The molecule has 0 spiro atoms. The van der Waals surface area contributed by atoms with Crippen LogP contribution in [-0.2, 0) is 14.4 Å². The molecule has 1 fully saturated rings. The third-order valence-corrected chi connectivity index (χ3v) is 7.47. The second kappa shape index (κ2) is 12.2. The number of nitrogens with one attached hydrogen (secondary N) is 1. The summed E-state index contributed by atoms with van der Waals surface area (Å²) in [6.45, 7) is 3.83. The molecule has 0 radical (unpaired) electrons. The first-order valence-corrected chi connectivity index (χ1v) is 13.5. The number of hydrogen-bond donors (Lipinski definition) is 1. The average Bonchev–Trinajstić information content (AvgIpc) is 3.03. The van der Waals surface area contributed by atoms with Crippen molar-refractivity contribution in [3.05, 3.63) is 65.7 Å². The molecule has 0 unspecified atom stereocenters. The fraction of sp³-hybridized carbons (Fsp3) is 0.467. The van der Waals surface area contributed by atoms with Gasteiger partial charge in [0.1, 0.15) is 6.04 Å². The number of aliphatic imine (C=N–C) groups is 1. The van der Waals surface area contributed by atoms with Crippen molar-refractivity contribution in [2.24, 2.45) is 4.99 Å². The number of unbranched alkanes of at least 4 members (excludes halogenated alkanes) is 1. The second-order valence-electron chi connectivity index (χ2n) is 10.0. The molecule has 2 aromatic carbocycles. The summed E-state index contributed by atoms with van der Waals surface area (Å²) in [5.41, 5.74) is 3.07. The van der Waals surface area contributed by atoms with Crippen LogP contribution >= 0.6 is 0 Å². The number of rotatable bonds is 8. The van der Waals surface area contributed by atoms with Crippen molar-refractivity contribution in [3.8, 4) is 0 Å². The van der Waals surface area contributed by atoms with Crippen LogP contribution in [-0.4, -0.2) is 53.6 Å². The molecule has 1 aliphatic carbocycles. The lowest BCUT2D eigenvalue weighted by molar-refractivity contribution is -0.144. The molecule has 1 heterocycles. The van der Waals surface area contributed by atoms with Gasteiger partial charge in [0.05, 0.1) is 11.4 Å². The molecule has 2 atom stereocenters. The summed E-state index contributed by atoms with van der Waals surface area (Å²) < 4.78 is 0. The van der Waals surface area contributed by atoms with Gasteiger partial charge in [-0.3, -0.25) is 14.4 Å². The minimum Gasteiger partial charge on any atom is -0.328 e. The first-order valence-electron chi connectivity index (χ1n) is 13.5. The molecule has 1 aliphatic heterocycles. The van der Waals surface area contributed by atoms with E-state index in [2.05, 4.69) is 12.2 Å². The summed E-state index contributed by atoms with van der Waals surface area (Å²) >= 11 is 0. The Kier molecular flexibility index (Phi) is 8.74. The van der Waals surface area contributed by atoms with Gasteiger partial charge in [0, 0.05) is 30.6 Å². The number of carbonyl (C=O) groups is 3. The van der Waals surface area contributed by atoms with Crippen molar-refractivity contribution in [1.29, 1.82) is 0 Å². The van der Waals surface area contributed by atoms with Crippen molar-refractivity contribution in [1.82, 2.24) is 10.2 Å². The number of carbonyl (C=O) groups excluding carboxylic acids is 3. The molecule has 1 saturated carbocycles. The number of amides is 3. The zero-order valence-electron chi connectivity index (χ0n) is 22.2. The van der Waals surface area contributed by atoms with Gasteiger partial charge in [-0.15, -0.1) is 0 Å². The number of nitrogens with zero attached hydrogens (tertiary/aromatic N) is 3. The van der Waals surface area contributed by atoms with Crippen LogP contribution in [0.5, 0.6) is 0 Å². The lowest BCUT2D eigenvalue weighted by atomic mass is 9.92. The number of likely N-dealkylation sites (N-methyl/N-ethyl adjacent to an activating group) is 1. The van der Waals surface area contributed by atoms with Gasteiger partial charge in [-0.05, 0) is 32.3 Å². The van der Waals surface area contributed by atoms with Crippen molar-refractivity contribution in [2.45, 2.75) is 83.5 Å². The van der Waals surface area contributed by atoms with E-state index >= 15 is 0 Å². The van der Waals surface area contributed by atoms with Crippen molar-refractivity contribution in [2.75, 3.05) is 11.9 Å². The quantitative estimate of drug-likeness (QED) is 0.569. The van der Waals surface area contributed by atoms with Gasteiger partial charge in [0.2, 0.25) is 18.0 Å². The first-order chi connectivity index (χ1) is 17.9. The molecule has 196 valence electrons. The Labute approximate surface area is 219 Å². The second-order valence-corrected chi connectivity index (χ2v) is 10.0. The normalized spacial score (nSPS) is 18.9. The number of hydrogen-bond acceptors (Lipinski definition) is 4. The predicted molar refractivity (Wildman–Crippen MR) is 147 cm³/mol. The molecule has 1 N–H and O–H groups in total. The largest absolute Gasteiger partial charge is 0.328 e. The summed E-state index contributed by atoms with van der Waals surface area (Å²) in [7, 11) is 1.70. The Morgan fingerprint density at radius 3 is 2.43 bits per heavy atom. The maximum Gasteiger partial charge on any atom is 0.272 e. The Balaban J connectivity index is 1.64. The molecular formula is C30H38N4O3. The average molecular weight is 503 g/mol. The highest BCUT2D eigenvalue weighted by Gasteiger charge is 2.36. The fourth-order valence-corrected chi connectivity index (χ4v) is 5.38. The SMILES string of the molecule is CCCCC(=O)N(C1CCCCC1)[C@@H](C)C(=O)N[C@H]1N=C(c2ccccc2)c2ccccc2N(C)C1=O. The predicted octanol–water partition coefficient (Wildman–Crippen LogP) is 4.68. The van der Waals surface area contributed by atoms with E-state index < -0.39 is 12.2 Å². The molecule has 0 aromatic heterocycles. The molecule has 4 rings (SSSR count). The smallest absolute Gasteiger partial charge is 0.272 e. The van der Waals surface area contributed by atoms with E-state index in [4.69, 9.17) is 4.99 Å². The maximum absolute atomic E-state index is 13.6. The standard InChI is InChI=1S/C30H38N4O3/c1-4-5-20-26(35)34(23-16-10-7-11-17-23)21(2)29(36)32-28-30(37)33(3)25-19-13-12-18-24(25)27(31-28)22-14-8-6-9-15-22/h6,8-9,12-15,18-19,21,23,28H,4-5,7,10-11,16-17,20H2,1-3H3,(H,32,36)/t21-,28+/m0/s1. The van der Waals surface area contributed by atoms with E-state index in [1.54, 1.807) is 23.8 Å². The van der Waals surface area contributed by atoms with Gasteiger partial charge in [-0.1, -0.05) is 81.1 Å². The van der Waals surface area contributed by atoms with E-state index in [9.17, 15) is 14.4 Å². The molecule has 2 aromatic rings. The van der Waals surface area contributed by atoms with Gasteiger partial charge in [0.25, 0.3) is 5.91 Å². The molecule has 7 heteroatoms. The van der Waals surface area contributed by atoms with Crippen LogP contribution in [0.15, 0.2) is 59.6 Å². The van der Waals surface area contributed by atoms with Gasteiger partial charge >= 0.3 is 0 Å². The third-order valence-electron chi connectivity index (χ3n) is 7.47. The van der Waals surface area contributed by atoms with Crippen molar-refractivity contribution >= 4 is 29.1 Å². The molecule has 3 amide bonds. The van der Waals surface area contributed by atoms with Gasteiger partial charge in [-0.25, -0.2) is 4.99 Å². The topological polar surface area (TPSA) is 82.1 Å². The van der Waals surface area contributed by atoms with Crippen LogP contribution in [0.1, 0.15) is 76.3 Å². The van der Waals surface area contributed by atoms with Crippen LogP contribution in [0, 0.1) is 0 Å². The lowest BCUT2D eigenvalue weighted by Gasteiger charge is -2.38. The summed E-state index contributed by atoms with van der Waals surface area (Å²) in [5.74, 6) is -0.661. The van der Waals surface area contributed by atoms with Crippen molar-refractivity contribution in [3.63, 3.8) is 0 Å². The van der Waals surface area contributed by atoms with E-state index in [0.717, 1.165) is 61.8 Å². The van der Waals surface area contributed by atoms with E-state index in [0.29, 0.717) is 12.1 Å². The zero-order chi connectivity index (χ0) is 26.4. The summed E-state index contributed by atoms with van der Waals surface area (Å²) in [5, 5.41) is 2.89. The first kappa shape index (κ1) is 26.6. The van der Waals surface area contributed by atoms with Crippen LogP contribution in [0.3, 0.4) is 0 Å². The maximum atomic E-state index is 13.6. The monoisotopic (exact) mass is 502 g/mol. The number of benzene rings is 2. The highest BCUT2D eigenvalue weighted by atomic mass is 16.2. The Bertz CT molecular complexity index is 1140. The molecular weight excluding hydrogens is 464 g/mol. The van der Waals surface area contributed by atoms with E-state index in [1.165, 1.54) is 0 Å². The number of benzodiazepines with no additional fused rings is 1. The fourth-order valence-electron chi connectivity index (χ4n) is 5.38. The van der Waals surface area contributed by atoms with E-state index in [-0.39, 0.29) is 23.8 Å². The third kappa shape index (κ3) is 5.92. The Morgan fingerprint density at radius 1 is 1.05 bits per heavy atom. The zero-order valence-corrected chi connectivity index (χ0v) is 22.2. The Hall–Kier alpha value is -3.48. The minimum absolute atomic E-state index is 0.0154. The summed E-state index contributed by atoms with van der Waals surface area (Å²) in [6.07, 6.45) is 6.16. The summed E-state index contributed by atoms with van der Waals surface area (Å²) in [4.78, 5) is 48.5. The van der Waals surface area contributed by atoms with Crippen LogP contribution in [0.2, 0.25) is 0 Å². The van der Waals surface area contributed by atoms with Gasteiger partial charge < -0.3 is 15.1 Å². The van der Waals surface area contributed by atoms with Crippen molar-refractivity contribution < 1.29 is 14.4 Å². The molecule has 37 heavy (non-hydrogen) atoms. The van der Waals surface area contributed by atoms with Crippen LogP contribution in [0.4, 0.5) is 5.69 Å². The number of anilines is 1. The molecule has 0 saturated heterocycles. The molecule has 2 aliphatic rings. The summed E-state index contributed by atoms with van der Waals surface area (Å²) in [6, 6.07) is 16.7. The van der Waals surface area contributed by atoms with Crippen LogP contribution < -0.4 is 10.2 Å². The molecule has 0 bridgehead atoms. The van der Waals surface area contributed by atoms with Gasteiger partial charge in [-0.2, -0.15) is 0 Å². The highest BCUT2D eigenvalue weighted by Crippen LogP contribution is 2.28. The minimum atomic E-state index is -1.10. The van der Waals surface area contributed by atoms with Crippen LogP contribution in [0.25, 0.3) is 0 Å². The molecule has 7 nitrogen and oxygen atoms in total. The van der Waals surface area contributed by atoms with Gasteiger partial charge in [0.15, 0.2) is 0 Å². The number of para-hydroxylation sites is 1. The lowest BCUT2D eigenvalue weighted by Crippen LogP contribution is -2.56. The highest BCUT2D eigenvalue weighted by molar-refractivity contribution is 6.20. The Morgan fingerprint density at radius 2 is 1.73 bits per heavy atom. The van der Waals surface area contributed by atoms with E-state index in [1.807, 2.05) is 54.6 Å². The number of fused-ring (bicyclic) bond motifs is 1.